The van der Waals surface area contributed by atoms with Crippen LogP contribution in [0.1, 0.15) is 5.56 Å². The Hall–Kier alpha value is -1.12. The lowest BCUT2D eigenvalue weighted by Gasteiger charge is -2.00. The van der Waals surface area contributed by atoms with Gasteiger partial charge in [-0.15, -0.1) is 0 Å². The van der Waals surface area contributed by atoms with Gasteiger partial charge in [0.15, 0.2) is 0 Å². The summed E-state index contributed by atoms with van der Waals surface area (Å²) in [6, 6.07) is 10.1. The summed E-state index contributed by atoms with van der Waals surface area (Å²) in [6.45, 7) is 1.95. The van der Waals surface area contributed by atoms with Crippen LogP contribution in [0.3, 0.4) is 0 Å². The second-order valence-corrected chi connectivity index (χ2v) is 2.93. The highest BCUT2D eigenvalue weighted by Gasteiger charge is 1.88. The monoisotopic (exact) mass is 192 g/mol. The van der Waals surface area contributed by atoms with Gasteiger partial charge in [-0.2, -0.15) is 0 Å². The van der Waals surface area contributed by atoms with E-state index in [0.29, 0.717) is 19.8 Å². The van der Waals surface area contributed by atoms with Crippen LogP contribution in [-0.2, 0) is 16.1 Å². The molecule has 0 fully saturated rings. The molecule has 2 heteroatoms. The van der Waals surface area contributed by atoms with Crippen molar-refractivity contribution in [3.05, 3.63) is 48.0 Å². The molecule has 76 valence electrons. The van der Waals surface area contributed by atoms with E-state index in [9.17, 15) is 0 Å². The van der Waals surface area contributed by atoms with E-state index >= 15 is 0 Å². The SMILES string of the molecule is COCC=CCOCc1ccccc1. The second-order valence-electron chi connectivity index (χ2n) is 2.93. The van der Waals surface area contributed by atoms with Gasteiger partial charge in [-0.05, 0) is 5.56 Å². The van der Waals surface area contributed by atoms with E-state index in [1.165, 1.54) is 5.56 Å². The molecule has 0 radical (unpaired) electrons. The summed E-state index contributed by atoms with van der Waals surface area (Å²) in [6.07, 6.45) is 3.91. The molecule has 0 aliphatic carbocycles. The number of methoxy groups -OCH3 is 1. The third kappa shape index (κ3) is 4.80. The van der Waals surface area contributed by atoms with E-state index < -0.39 is 0 Å². The van der Waals surface area contributed by atoms with Crippen molar-refractivity contribution in [1.82, 2.24) is 0 Å². The summed E-state index contributed by atoms with van der Waals surface area (Å²) in [4.78, 5) is 0. The Morgan fingerprint density at radius 1 is 1.07 bits per heavy atom. The summed E-state index contributed by atoms with van der Waals surface area (Å²) in [5.41, 5.74) is 1.20. The molecular weight excluding hydrogens is 176 g/mol. The molecule has 1 aromatic rings. The molecule has 1 aromatic carbocycles. The van der Waals surface area contributed by atoms with E-state index in [4.69, 9.17) is 9.47 Å². The normalized spacial score (nSPS) is 10.9. The van der Waals surface area contributed by atoms with Gasteiger partial charge >= 0.3 is 0 Å². The zero-order chi connectivity index (χ0) is 10.1. The minimum absolute atomic E-state index is 0.637. The molecule has 0 unspecified atom stereocenters. The molecule has 0 saturated heterocycles. The average molecular weight is 192 g/mol. The van der Waals surface area contributed by atoms with Crippen molar-refractivity contribution in [2.24, 2.45) is 0 Å². The third-order valence-electron chi connectivity index (χ3n) is 1.76. The molecule has 0 heterocycles. The lowest BCUT2D eigenvalue weighted by atomic mass is 10.2. The van der Waals surface area contributed by atoms with Crippen LogP contribution in [0.2, 0.25) is 0 Å². The van der Waals surface area contributed by atoms with Gasteiger partial charge in [-0.25, -0.2) is 0 Å². The van der Waals surface area contributed by atoms with Gasteiger partial charge in [-0.3, -0.25) is 0 Å². The second kappa shape index (κ2) is 7.30. The first-order valence-electron chi connectivity index (χ1n) is 4.69. The maximum absolute atomic E-state index is 5.42. The first-order valence-corrected chi connectivity index (χ1v) is 4.69. The van der Waals surface area contributed by atoms with Gasteiger partial charge in [-0.1, -0.05) is 42.5 Å². The molecular formula is C12H16O2. The fraction of sp³-hybridized carbons (Fsp3) is 0.333. The van der Waals surface area contributed by atoms with Gasteiger partial charge in [0.2, 0.25) is 0 Å². The highest BCUT2D eigenvalue weighted by atomic mass is 16.5. The molecule has 0 N–H and O–H groups in total. The molecule has 0 aliphatic heterocycles. The predicted molar refractivity (Wildman–Crippen MR) is 57.1 cm³/mol. The van der Waals surface area contributed by atoms with Gasteiger partial charge in [0.25, 0.3) is 0 Å². The maximum atomic E-state index is 5.42. The van der Waals surface area contributed by atoms with E-state index in [-0.39, 0.29) is 0 Å². The zero-order valence-corrected chi connectivity index (χ0v) is 8.48. The van der Waals surface area contributed by atoms with E-state index in [1.807, 2.05) is 30.4 Å². The van der Waals surface area contributed by atoms with Gasteiger partial charge < -0.3 is 9.47 Å². The number of hydrogen-bond donors (Lipinski definition) is 0. The number of hydrogen-bond acceptors (Lipinski definition) is 2. The molecule has 0 aromatic heterocycles. The molecule has 0 aliphatic rings. The van der Waals surface area contributed by atoms with Crippen LogP contribution in [-0.4, -0.2) is 20.3 Å². The molecule has 0 amide bonds. The number of benzene rings is 1. The van der Waals surface area contributed by atoms with E-state index in [0.717, 1.165) is 0 Å². The topological polar surface area (TPSA) is 18.5 Å². The quantitative estimate of drug-likeness (QED) is 0.509. The van der Waals surface area contributed by atoms with Crippen molar-refractivity contribution in [1.29, 1.82) is 0 Å². The third-order valence-corrected chi connectivity index (χ3v) is 1.76. The smallest absolute Gasteiger partial charge is 0.0721 e. The fourth-order valence-electron chi connectivity index (χ4n) is 1.05. The van der Waals surface area contributed by atoms with Gasteiger partial charge in [0, 0.05) is 7.11 Å². The molecule has 0 bridgehead atoms. The Balaban J connectivity index is 2.10. The van der Waals surface area contributed by atoms with Crippen LogP contribution in [0.25, 0.3) is 0 Å². The first kappa shape index (κ1) is 11.0. The molecule has 0 spiro atoms. The number of ether oxygens (including phenoxy) is 2. The largest absolute Gasteiger partial charge is 0.381 e. The zero-order valence-electron chi connectivity index (χ0n) is 8.48. The summed E-state index contributed by atoms with van der Waals surface area (Å²) < 4.78 is 10.3. The molecule has 1 rings (SSSR count). The van der Waals surface area contributed by atoms with Crippen molar-refractivity contribution in [2.45, 2.75) is 6.61 Å². The first-order chi connectivity index (χ1) is 6.93. The highest BCUT2D eigenvalue weighted by Crippen LogP contribution is 1.99. The van der Waals surface area contributed by atoms with Crippen molar-refractivity contribution >= 4 is 0 Å². The Kier molecular flexibility index (Phi) is 5.71. The van der Waals surface area contributed by atoms with Gasteiger partial charge in [0.05, 0.1) is 19.8 Å². The predicted octanol–water partition coefficient (Wildman–Crippen LogP) is 2.41. The lowest BCUT2D eigenvalue weighted by molar-refractivity contribution is 0.148. The summed E-state index contributed by atoms with van der Waals surface area (Å²) in [5, 5.41) is 0. The maximum Gasteiger partial charge on any atom is 0.0721 e. The Morgan fingerprint density at radius 3 is 2.50 bits per heavy atom. The summed E-state index contributed by atoms with van der Waals surface area (Å²) >= 11 is 0. The van der Waals surface area contributed by atoms with Gasteiger partial charge in [0.1, 0.15) is 0 Å². The standard InChI is InChI=1S/C12H16O2/c1-13-9-5-6-10-14-11-12-7-3-2-4-8-12/h2-8H,9-11H2,1H3. The van der Waals surface area contributed by atoms with Crippen LogP contribution in [0.15, 0.2) is 42.5 Å². The summed E-state index contributed by atoms with van der Waals surface area (Å²) in [5.74, 6) is 0. The van der Waals surface area contributed by atoms with E-state index in [2.05, 4.69) is 12.1 Å². The highest BCUT2D eigenvalue weighted by molar-refractivity contribution is 5.13. The number of rotatable bonds is 6. The van der Waals surface area contributed by atoms with Crippen LogP contribution < -0.4 is 0 Å². The average Bonchev–Trinajstić information content (AvgIpc) is 2.25. The molecule has 2 nitrogen and oxygen atoms in total. The van der Waals surface area contributed by atoms with Crippen molar-refractivity contribution in [3.63, 3.8) is 0 Å². The Morgan fingerprint density at radius 2 is 1.79 bits per heavy atom. The van der Waals surface area contributed by atoms with Crippen LogP contribution >= 0.6 is 0 Å². The molecule has 0 atom stereocenters. The Bertz CT molecular complexity index is 254. The summed E-state index contributed by atoms with van der Waals surface area (Å²) in [7, 11) is 1.68. The molecule has 14 heavy (non-hydrogen) atoms. The fourth-order valence-corrected chi connectivity index (χ4v) is 1.05. The van der Waals surface area contributed by atoms with Crippen molar-refractivity contribution < 1.29 is 9.47 Å². The van der Waals surface area contributed by atoms with Crippen LogP contribution in [0.5, 0.6) is 0 Å². The van der Waals surface area contributed by atoms with Crippen LogP contribution in [0, 0.1) is 0 Å². The molecule has 0 saturated carbocycles. The van der Waals surface area contributed by atoms with E-state index in [1.54, 1.807) is 7.11 Å². The Labute approximate surface area is 85.2 Å². The minimum atomic E-state index is 0.637. The minimum Gasteiger partial charge on any atom is -0.381 e. The van der Waals surface area contributed by atoms with Crippen molar-refractivity contribution in [2.75, 3.05) is 20.3 Å². The van der Waals surface area contributed by atoms with Crippen molar-refractivity contribution in [3.8, 4) is 0 Å². The van der Waals surface area contributed by atoms with Crippen LogP contribution in [0.4, 0.5) is 0 Å². The lowest BCUT2D eigenvalue weighted by Crippen LogP contribution is -1.92.